The summed E-state index contributed by atoms with van der Waals surface area (Å²) in [5.41, 5.74) is 1.15. The highest BCUT2D eigenvalue weighted by molar-refractivity contribution is 5.92. The smallest absolute Gasteiger partial charge is 0.326 e. The van der Waals surface area contributed by atoms with E-state index in [0.29, 0.717) is 5.69 Å². The molecule has 19 heavy (non-hydrogen) atoms. The van der Waals surface area contributed by atoms with Gasteiger partial charge in [-0.3, -0.25) is 0 Å². The van der Waals surface area contributed by atoms with Crippen LogP contribution >= 0.6 is 0 Å². The van der Waals surface area contributed by atoms with E-state index in [2.05, 4.69) is 10.6 Å². The fourth-order valence-electron chi connectivity index (χ4n) is 1.58. The van der Waals surface area contributed by atoms with Gasteiger partial charge >= 0.3 is 12.0 Å². The van der Waals surface area contributed by atoms with Crippen molar-refractivity contribution in [2.24, 2.45) is 5.41 Å². The van der Waals surface area contributed by atoms with Crippen LogP contribution in [0, 0.1) is 12.3 Å². The van der Waals surface area contributed by atoms with Gasteiger partial charge in [0.2, 0.25) is 0 Å². The molecular formula is C14H20N2O3. The minimum atomic E-state index is -1.05. The monoisotopic (exact) mass is 264 g/mol. The fourth-order valence-corrected chi connectivity index (χ4v) is 1.58. The maximum absolute atomic E-state index is 11.8. The quantitative estimate of drug-likeness (QED) is 0.785. The maximum Gasteiger partial charge on any atom is 0.326 e. The summed E-state index contributed by atoms with van der Waals surface area (Å²) in [5.74, 6) is -1.05. The first-order valence-electron chi connectivity index (χ1n) is 6.07. The largest absolute Gasteiger partial charge is 0.480 e. The third kappa shape index (κ3) is 4.62. The Morgan fingerprint density at radius 2 is 1.68 bits per heavy atom. The second kappa shape index (κ2) is 5.73. The number of carbonyl (C=O) groups excluding carboxylic acids is 1. The summed E-state index contributed by atoms with van der Waals surface area (Å²) >= 11 is 0. The van der Waals surface area contributed by atoms with Gasteiger partial charge < -0.3 is 15.7 Å². The number of hydrogen-bond acceptors (Lipinski definition) is 2. The summed E-state index contributed by atoms with van der Waals surface area (Å²) in [7, 11) is 0. The molecule has 104 valence electrons. The molecule has 0 spiro atoms. The second-order valence-electron chi connectivity index (χ2n) is 5.60. The van der Waals surface area contributed by atoms with Crippen molar-refractivity contribution in [3.63, 3.8) is 0 Å². The Morgan fingerprint density at radius 3 is 2.11 bits per heavy atom. The zero-order chi connectivity index (χ0) is 14.6. The average Bonchev–Trinajstić information content (AvgIpc) is 2.27. The number of aryl methyl sites for hydroxylation is 1. The normalized spacial score (nSPS) is 12.6. The van der Waals surface area contributed by atoms with E-state index in [-0.39, 0.29) is 0 Å². The van der Waals surface area contributed by atoms with Gasteiger partial charge in [0, 0.05) is 5.69 Å². The molecule has 0 aliphatic carbocycles. The Hall–Kier alpha value is -2.04. The molecule has 1 atom stereocenters. The summed E-state index contributed by atoms with van der Waals surface area (Å²) in [6.07, 6.45) is 0. The van der Waals surface area contributed by atoms with Crippen molar-refractivity contribution in [3.8, 4) is 0 Å². The third-order valence-corrected chi connectivity index (χ3v) is 2.70. The Labute approximate surface area is 113 Å². The summed E-state index contributed by atoms with van der Waals surface area (Å²) in [6.45, 7) is 7.23. The first-order valence-corrected chi connectivity index (χ1v) is 6.07. The molecule has 1 unspecified atom stereocenters. The van der Waals surface area contributed by atoms with Crippen molar-refractivity contribution < 1.29 is 14.7 Å². The van der Waals surface area contributed by atoms with Gasteiger partial charge in [-0.15, -0.1) is 0 Å². The van der Waals surface area contributed by atoms with E-state index in [1.165, 1.54) is 0 Å². The van der Waals surface area contributed by atoms with E-state index in [0.717, 1.165) is 5.56 Å². The van der Waals surface area contributed by atoms with Gasteiger partial charge in [0.15, 0.2) is 0 Å². The molecular weight excluding hydrogens is 244 g/mol. The van der Waals surface area contributed by atoms with Crippen LogP contribution in [0.4, 0.5) is 10.5 Å². The first kappa shape index (κ1) is 15.0. The number of aliphatic carboxylic acids is 1. The van der Waals surface area contributed by atoms with Crippen molar-refractivity contribution in [1.29, 1.82) is 0 Å². The summed E-state index contributed by atoms with van der Waals surface area (Å²) in [4.78, 5) is 22.9. The van der Waals surface area contributed by atoms with Crippen LogP contribution in [0.15, 0.2) is 24.3 Å². The van der Waals surface area contributed by atoms with E-state index < -0.39 is 23.5 Å². The molecule has 0 saturated carbocycles. The SMILES string of the molecule is Cc1ccc(NC(=O)NC(C(=O)O)C(C)(C)C)cc1. The van der Waals surface area contributed by atoms with Gasteiger partial charge in [0.25, 0.3) is 0 Å². The highest BCUT2D eigenvalue weighted by Gasteiger charge is 2.32. The molecule has 2 amide bonds. The van der Waals surface area contributed by atoms with Crippen molar-refractivity contribution in [3.05, 3.63) is 29.8 Å². The van der Waals surface area contributed by atoms with Crippen molar-refractivity contribution in [2.45, 2.75) is 33.7 Å². The van der Waals surface area contributed by atoms with Crippen LogP contribution in [0.3, 0.4) is 0 Å². The van der Waals surface area contributed by atoms with Crippen LogP contribution in [0.2, 0.25) is 0 Å². The number of benzene rings is 1. The third-order valence-electron chi connectivity index (χ3n) is 2.70. The van der Waals surface area contributed by atoms with E-state index in [1.807, 2.05) is 19.1 Å². The number of carboxylic acids is 1. The van der Waals surface area contributed by atoms with Crippen LogP contribution in [-0.4, -0.2) is 23.1 Å². The van der Waals surface area contributed by atoms with Crippen LogP contribution < -0.4 is 10.6 Å². The predicted molar refractivity (Wildman–Crippen MR) is 74.2 cm³/mol. The zero-order valence-electron chi connectivity index (χ0n) is 11.7. The minimum Gasteiger partial charge on any atom is -0.480 e. The first-order chi connectivity index (χ1) is 8.70. The Bertz CT molecular complexity index is 461. The van der Waals surface area contributed by atoms with Crippen LogP contribution in [-0.2, 0) is 4.79 Å². The maximum atomic E-state index is 11.8. The van der Waals surface area contributed by atoms with Gasteiger partial charge in [0.1, 0.15) is 6.04 Å². The number of anilines is 1. The second-order valence-corrected chi connectivity index (χ2v) is 5.60. The lowest BCUT2D eigenvalue weighted by Crippen LogP contribution is -2.50. The molecule has 0 aliphatic heterocycles. The van der Waals surface area contributed by atoms with Crippen molar-refractivity contribution >= 4 is 17.7 Å². The van der Waals surface area contributed by atoms with Crippen LogP contribution in [0.25, 0.3) is 0 Å². The summed E-state index contributed by atoms with van der Waals surface area (Å²) in [6, 6.07) is 5.80. The van der Waals surface area contributed by atoms with Gasteiger partial charge in [-0.1, -0.05) is 38.5 Å². The lowest BCUT2D eigenvalue weighted by molar-refractivity contribution is -0.141. The molecule has 1 aromatic carbocycles. The minimum absolute atomic E-state index is 0.522. The molecule has 0 fully saturated rings. The lowest BCUT2D eigenvalue weighted by atomic mass is 9.87. The average molecular weight is 264 g/mol. The van der Waals surface area contributed by atoms with E-state index in [4.69, 9.17) is 5.11 Å². The summed E-state index contributed by atoms with van der Waals surface area (Å²) in [5, 5.41) is 14.2. The number of urea groups is 1. The van der Waals surface area contributed by atoms with Crippen LogP contribution in [0.5, 0.6) is 0 Å². The highest BCUT2D eigenvalue weighted by atomic mass is 16.4. The van der Waals surface area contributed by atoms with Crippen molar-refractivity contribution in [2.75, 3.05) is 5.32 Å². The standard InChI is InChI=1S/C14H20N2O3/c1-9-5-7-10(8-6-9)15-13(19)16-11(12(17)18)14(2,3)4/h5-8,11H,1-4H3,(H,17,18)(H2,15,16,19). The molecule has 5 nitrogen and oxygen atoms in total. The Balaban J connectivity index is 2.68. The Morgan fingerprint density at radius 1 is 1.16 bits per heavy atom. The number of carboxylic acid groups (broad SMARTS) is 1. The van der Waals surface area contributed by atoms with Gasteiger partial charge in [-0.2, -0.15) is 0 Å². The fraction of sp³-hybridized carbons (Fsp3) is 0.429. The number of amides is 2. The van der Waals surface area contributed by atoms with Crippen LogP contribution in [0.1, 0.15) is 26.3 Å². The number of carbonyl (C=O) groups is 2. The molecule has 1 aromatic rings. The molecule has 0 bridgehead atoms. The number of nitrogens with one attached hydrogen (secondary N) is 2. The molecule has 0 saturated heterocycles. The highest BCUT2D eigenvalue weighted by Crippen LogP contribution is 2.19. The number of hydrogen-bond donors (Lipinski definition) is 3. The van der Waals surface area contributed by atoms with Gasteiger partial charge in [-0.25, -0.2) is 9.59 Å². The molecule has 0 heterocycles. The topological polar surface area (TPSA) is 78.4 Å². The van der Waals surface area contributed by atoms with Crippen molar-refractivity contribution in [1.82, 2.24) is 5.32 Å². The zero-order valence-corrected chi connectivity index (χ0v) is 11.7. The van der Waals surface area contributed by atoms with E-state index in [9.17, 15) is 9.59 Å². The number of rotatable bonds is 3. The molecule has 0 aliphatic rings. The van der Waals surface area contributed by atoms with Gasteiger partial charge in [-0.05, 0) is 24.5 Å². The molecule has 0 aromatic heterocycles. The summed E-state index contributed by atoms with van der Waals surface area (Å²) < 4.78 is 0. The predicted octanol–water partition coefficient (Wildman–Crippen LogP) is 2.62. The molecule has 3 N–H and O–H groups in total. The Kier molecular flexibility index (Phi) is 4.53. The lowest BCUT2D eigenvalue weighted by Gasteiger charge is -2.27. The van der Waals surface area contributed by atoms with Gasteiger partial charge in [0.05, 0.1) is 0 Å². The molecule has 1 rings (SSSR count). The molecule has 0 radical (unpaired) electrons. The van der Waals surface area contributed by atoms with E-state index >= 15 is 0 Å². The van der Waals surface area contributed by atoms with E-state index in [1.54, 1.807) is 32.9 Å². The molecule has 5 heteroatoms.